The van der Waals surface area contributed by atoms with Crippen LogP contribution in [0.1, 0.15) is 18.4 Å². The van der Waals surface area contributed by atoms with E-state index in [1.807, 2.05) is 6.07 Å². The summed E-state index contributed by atoms with van der Waals surface area (Å²) in [6.07, 6.45) is 0.887. The maximum atomic E-state index is 12.9. The second-order valence-electron chi connectivity index (χ2n) is 6.59. The molecule has 0 bridgehead atoms. The molecule has 4 rings (SSSR count). The smallest absolute Gasteiger partial charge is 0.416 e. The number of benzene rings is 1. The van der Waals surface area contributed by atoms with Gasteiger partial charge in [-0.1, -0.05) is 11.8 Å². The van der Waals surface area contributed by atoms with Crippen LogP contribution in [-0.4, -0.2) is 38.6 Å². The summed E-state index contributed by atoms with van der Waals surface area (Å²) in [6.45, 7) is 1.90. The molecule has 2 N–H and O–H groups in total. The third kappa shape index (κ3) is 3.77. The summed E-state index contributed by atoms with van der Waals surface area (Å²) >= 11 is 1.63. The molecule has 5 nitrogen and oxygen atoms in total. The molecule has 146 valence electrons. The van der Waals surface area contributed by atoms with Crippen molar-refractivity contribution in [2.24, 2.45) is 0 Å². The molecule has 0 spiro atoms. The molecule has 9 heteroatoms. The number of thioether (sulfide) groups is 1. The van der Waals surface area contributed by atoms with Crippen molar-refractivity contribution in [3.05, 3.63) is 42.2 Å². The summed E-state index contributed by atoms with van der Waals surface area (Å²) in [5, 5.41) is 24.7. The summed E-state index contributed by atoms with van der Waals surface area (Å²) in [4.78, 5) is 4.12. The number of piperidine rings is 1. The van der Waals surface area contributed by atoms with Gasteiger partial charge in [0.1, 0.15) is 16.5 Å². The van der Waals surface area contributed by atoms with E-state index in [0.29, 0.717) is 22.4 Å². The van der Waals surface area contributed by atoms with Crippen LogP contribution in [0, 0.1) is 0 Å². The molecular formula is C19H17F3N4OS. The van der Waals surface area contributed by atoms with Gasteiger partial charge in [0.25, 0.3) is 0 Å². The minimum absolute atomic E-state index is 0.189. The van der Waals surface area contributed by atoms with Gasteiger partial charge in [0.15, 0.2) is 0 Å². The molecule has 0 radical (unpaired) electrons. The number of hydrogen-bond acceptors (Lipinski definition) is 6. The Morgan fingerprint density at radius 3 is 2.71 bits per heavy atom. The van der Waals surface area contributed by atoms with Crippen LogP contribution in [0.2, 0.25) is 0 Å². The minimum Gasteiger partial charge on any atom is -0.507 e. The first-order valence-electron chi connectivity index (χ1n) is 8.82. The van der Waals surface area contributed by atoms with Gasteiger partial charge in [0, 0.05) is 40.5 Å². The minimum atomic E-state index is -4.53. The Morgan fingerprint density at radius 2 is 2.00 bits per heavy atom. The van der Waals surface area contributed by atoms with Crippen LogP contribution in [-0.2, 0) is 6.18 Å². The predicted molar refractivity (Wildman–Crippen MR) is 101 cm³/mol. The van der Waals surface area contributed by atoms with Crippen molar-refractivity contribution in [1.82, 2.24) is 20.5 Å². The maximum Gasteiger partial charge on any atom is 0.416 e. The Hall–Kier alpha value is -2.39. The van der Waals surface area contributed by atoms with E-state index in [1.54, 1.807) is 24.2 Å². The first-order valence-corrected chi connectivity index (χ1v) is 9.70. The lowest BCUT2D eigenvalue weighted by atomic mass is 10.0. The van der Waals surface area contributed by atoms with Crippen LogP contribution in [0.25, 0.3) is 22.0 Å². The van der Waals surface area contributed by atoms with Gasteiger partial charge >= 0.3 is 6.18 Å². The average molecular weight is 406 g/mol. The van der Waals surface area contributed by atoms with E-state index >= 15 is 0 Å². The van der Waals surface area contributed by atoms with E-state index in [-0.39, 0.29) is 5.56 Å². The van der Waals surface area contributed by atoms with Gasteiger partial charge in [-0.2, -0.15) is 13.2 Å². The van der Waals surface area contributed by atoms with Gasteiger partial charge in [-0.3, -0.25) is 4.98 Å². The van der Waals surface area contributed by atoms with E-state index in [0.717, 1.165) is 42.4 Å². The molecule has 1 aliphatic heterocycles. The second kappa shape index (κ2) is 7.56. The Kier molecular flexibility index (Phi) is 5.11. The fourth-order valence-corrected chi connectivity index (χ4v) is 4.44. The monoisotopic (exact) mass is 406 g/mol. The molecule has 3 heterocycles. The third-order valence-electron chi connectivity index (χ3n) is 4.66. The number of rotatable bonds is 3. The number of fused-ring (bicyclic) bond motifs is 1. The topological polar surface area (TPSA) is 70.9 Å². The number of pyridine rings is 1. The average Bonchev–Trinajstić information content (AvgIpc) is 2.69. The van der Waals surface area contributed by atoms with Crippen LogP contribution in [0.4, 0.5) is 13.2 Å². The molecule has 28 heavy (non-hydrogen) atoms. The van der Waals surface area contributed by atoms with Crippen LogP contribution >= 0.6 is 11.8 Å². The molecule has 2 aromatic heterocycles. The van der Waals surface area contributed by atoms with Gasteiger partial charge in [-0.05, 0) is 43.7 Å². The van der Waals surface area contributed by atoms with Crippen LogP contribution in [0.15, 0.2) is 41.7 Å². The zero-order valence-electron chi connectivity index (χ0n) is 14.7. The fraction of sp³-hybridized carbons (Fsp3) is 0.316. The number of alkyl halides is 3. The number of aromatic nitrogens is 3. The first-order chi connectivity index (χ1) is 13.4. The lowest BCUT2D eigenvalue weighted by Crippen LogP contribution is -2.31. The summed E-state index contributed by atoms with van der Waals surface area (Å²) in [7, 11) is 0. The Labute approximate surface area is 163 Å². The number of phenolic OH excluding ortho intramolecular Hbond substituents is 1. The molecule has 1 aromatic carbocycles. The number of hydrogen-bond donors (Lipinski definition) is 2. The molecule has 1 atom stereocenters. The van der Waals surface area contributed by atoms with E-state index in [4.69, 9.17) is 0 Å². The summed E-state index contributed by atoms with van der Waals surface area (Å²) in [6, 6.07) is 4.66. The van der Waals surface area contributed by atoms with Crippen molar-refractivity contribution in [2.75, 3.05) is 13.1 Å². The van der Waals surface area contributed by atoms with E-state index in [1.165, 1.54) is 6.07 Å². The van der Waals surface area contributed by atoms with Crippen molar-refractivity contribution >= 4 is 22.5 Å². The molecule has 1 fully saturated rings. The van der Waals surface area contributed by atoms with Crippen molar-refractivity contribution in [3.8, 4) is 17.0 Å². The van der Waals surface area contributed by atoms with E-state index in [2.05, 4.69) is 20.5 Å². The largest absolute Gasteiger partial charge is 0.507 e. The SMILES string of the molecule is Oc1cc(C(F)(F)F)ccc1-c1nnc(S[C@@H]2CCCNC2)c2ccncc12. The normalized spacial score (nSPS) is 17.8. The van der Waals surface area contributed by atoms with Crippen molar-refractivity contribution < 1.29 is 18.3 Å². The number of halogens is 3. The molecule has 0 amide bonds. The van der Waals surface area contributed by atoms with Gasteiger partial charge in [0.2, 0.25) is 0 Å². The van der Waals surface area contributed by atoms with Crippen molar-refractivity contribution in [2.45, 2.75) is 29.3 Å². The number of phenols is 1. The van der Waals surface area contributed by atoms with Crippen LogP contribution in [0.5, 0.6) is 5.75 Å². The van der Waals surface area contributed by atoms with Crippen molar-refractivity contribution in [1.29, 1.82) is 0 Å². The zero-order chi connectivity index (χ0) is 19.7. The summed E-state index contributed by atoms with van der Waals surface area (Å²) < 4.78 is 38.6. The van der Waals surface area contributed by atoms with Gasteiger partial charge < -0.3 is 10.4 Å². The standard InChI is InChI=1S/C19H17F3N4OS/c20-19(21,22)11-3-4-14(16(27)8-11)17-15-10-24-7-5-13(15)18(26-25-17)28-12-2-1-6-23-9-12/h3-5,7-8,10,12,23,27H,1-2,6,9H2/t12-/m1/s1. The number of nitrogens with one attached hydrogen (secondary N) is 1. The molecule has 3 aromatic rings. The Bertz CT molecular complexity index is 1010. The first kappa shape index (κ1) is 18.9. The molecule has 0 saturated carbocycles. The lowest BCUT2D eigenvalue weighted by molar-refractivity contribution is -0.137. The quantitative estimate of drug-likeness (QED) is 0.677. The zero-order valence-corrected chi connectivity index (χ0v) is 15.5. The highest BCUT2D eigenvalue weighted by Gasteiger charge is 2.31. The molecule has 0 unspecified atom stereocenters. The lowest BCUT2D eigenvalue weighted by Gasteiger charge is -2.22. The highest BCUT2D eigenvalue weighted by atomic mass is 32.2. The highest BCUT2D eigenvalue weighted by molar-refractivity contribution is 8.00. The summed E-state index contributed by atoms with van der Waals surface area (Å²) in [5.41, 5.74) is -0.420. The second-order valence-corrected chi connectivity index (χ2v) is 7.88. The molecular weight excluding hydrogens is 389 g/mol. The molecule has 0 aliphatic carbocycles. The van der Waals surface area contributed by atoms with Crippen LogP contribution in [0.3, 0.4) is 0 Å². The van der Waals surface area contributed by atoms with Gasteiger partial charge in [-0.25, -0.2) is 0 Å². The Balaban J connectivity index is 1.76. The third-order valence-corrected chi connectivity index (χ3v) is 5.92. The fourth-order valence-electron chi connectivity index (χ4n) is 3.25. The number of nitrogens with zero attached hydrogens (tertiary/aromatic N) is 3. The van der Waals surface area contributed by atoms with E-state index < -0.39 is 17.5 Å². The van der Waals surface area contributed by atoms with Crippen molar-refractivity contribution in [3.63, 3.8) is 0 Å². The van der Waals surface area contributed by atoms with E-state index in [9.17, 15) is 18.3 Å². The summed E-state index contributed by atoms with van der Waals surface area (Å²) in [5.74, 6) is -0.494. The maximum absolute atomic E-state index is 12.9. The van der Waals surface area contributed by atoms with Gasteiger partial charge in [-0.15, -0.1) is 10.2 Å². The molecule has 1 aliphatic rings. The van der Waals surface area contributed by atoms with Gasteiger partial charge in [0.05, 0.1) is 5.56 Å². The highest BCUT2D eigenvalue weighted by Crippen LogP contribution is 2.39. The van der Waals surface area contributed by atoms with Crippen LogP contribution < -0.4 is 5.32 Å². The predicted octanol–water partition coefficient (Wildman–Crippen LogP) is 4.26. The number of aromatic hydroxyl groups is 1. The Morgan fingerprint density at radius 1 is 1.14 bits per heavy atom. The molecule has 1 saturated heterocycles.